The molecule has 3 unspecified atom stereocenters. The van der Waals surface area contributed by atoms with Gasteiger partial charge in [-0.15, -0.1) is 0 Å². The fourth-order valence-electron chi connectivity index (χ4n) is 2.92. The van der Waals surface area contributed by atoms with Crippen LogP contribution in [0.1, 0.15) is 31.7 Å². The summed E-state index contributed by atoms with van der Waals surface area (Å²) in [6, 6.07) is 9.90. The standard InChI is InChI=1S/C14H17NO2/c1-14(10-6-3-2-4-7-10)15-13(16)11-8-5-9-12(11)17-14/h2-4,6-7,11-12H,5,8-9H2,1H3,(H,15,16). The largest absolute Gasteiger partial charge is 0.348 e. The van der Waals surface area contributed by atoms with E-state index in [9.17, 15) is 4.79 Å². The van der Waals surface area contributed by atoms with Crippen molar-refractivity contribution in [2.24, 2.45) is 5.92 Å². The van der Waals surface area contributed by atoms with Gasteiger partial charge in [0.05, 0.1) is 12.0 Å². The second-order valence-corrected chi connectivity index (χ2v) is 5.08. The van der Waals surface area contributed by atoms with Gasteiger partial charge in [-0.05, 0) is 26.2 Å². The van der Waals surface area contributed by atoms with Crippen LogP contribution in [0.25, 0.3) is 0 Å². The number of amides is 1. The molecule has 3 atom stereocenters. The van der Waals surface area contributed by atoms with Crippen LogP contribution in [0.2, 0.25) is 0 Å². The first-order chi connectivity index (χ1) is 8.19. The van der Waals surface area contributed by atoms with Crippen LogP contribution in [0.5, 0.6) is 0 Å². The summed E-state index contributed by atoms with van der Waals surface area (Å²) in [6.45, 7) is 1.94. The zero-order chi connectivity index (χ0) is 11.9. The van der Waals surface area contributed by atoms with Crippen LogP contribution in [-0.2, 0) is 15.3 Å². The molecule has 17 heavy (non-hydrogen) atoms. The number of ether oxygens (including phenoxy) is 1. The van der Waals surface area contributed by atoms with Crippen molar-refractivity contribution in [1.82, 2.24) is 5.32 Å². The Hall–Kier alpha value is -1.35. The van der Waals surface area contributed by atoms with Crippen molar-refractivity contribution in [3.8, 4) is 0 Å². The average molecular weight is 231 g/mol. The van der Waals surface area contributed by atoms with Crippen LogP contribution in [0, 0.1) is 5.92 Å². The van der Waals surface area contributed by atoms with E-state index in [-0.39, 0.29) is 17.9 Å². The molecule has 0 radical (unpaired) electrons. The Morgan fingerprint density at radius 1 is 1.29 bits per heavy atom. The molecule has 1 heterocycles. The summed E-state index contributed by atoms with van der Waals surface area (Å²) in [7, 11) is 0. The molecule has 1 N–H and O–H groups in total. The van der Waals surface area contributed by atoms with Crippen molar-refractivity contribution in [2.45, 2.75) is 38.0 Å². The van der Waals surface area contributed by atoms with Crippen LogP contribution >= 0.6 is 0 Å². The van der Waals surface area contributed by atoms with Gasteiger partial charge in [0.15, 0.2) is 5.72 Å². The quantitative estimate of drug-likeness (QED) is 0.804. The lowest BCUT2D eigenvalue weighted by Crippen LogP contribution is -2.56. The van der Waals surface area contributed by atoms with Gasteiger partial charge in [0.25, 0.3) is 0 Å². The highest BCUT2D eigenvalue weighted by molar-refractivity contribution is 5.81. The maximum absolute atomic E-state index is 12.1. The Morgan fingerprint density at radius 3 is 2.82 bits per heavy atom. The maximum Gasteiger partial charge on any atom is 0.228 e. The number of carbonyl (C=O) groups excluding carboxylic acids is 1. The van der Waals surface area contributed by atoms with E-state index in [1.54, 1.807) is 0 Å². The third-order valence-electron chi connectivity index (χ3n) is 3.86. The molecule has 0 spiro atoms. The smallest absolute Gasteiger partial charge is 0.228 e. The molecule has 1 aliphatic carbocycles. The molecule has 0 aromatic heterocycles. The number of benzene rings is 1. The van der Waals surface area contributed by atoms with Gasteiger partial charge in [-0.25, -0.2) is 0 Å². The van der Waals surface area contributed by atoms with Gasteiger partial charge < -0.3 is 10.1 Å². The van der Waals surface area contributed by atoms with Crippen molar-refractivity contribution < 1.29 is 9.53 Å². The fourth-order valence-corrected chi connectivity index (χ4v) is 2.92. The van der Waals surface area contributed by atoms with Gasteiger partial charge in [0, 0.05) is 5.56 Å². The lowest BCUT2D eigenvalue weighted by Gasteiger charge is -2.41. The summed E-state index contributed by atoms with van der Waals surface area (Å²) in [4.78, 5) is 12.1. The molecule has 2 aliphatic rings. The third-order valence-corrected chi connectivity index (χ3v) is 3.86. The normalized spacial score (nSPS) is 36.4. The highest BCUT2D eigenvalue weighted by atomic mass is 16.5. The number of hydrogen-bond acceptors (Lipinski definition) is 2. The Labute approximate surface area is 101 Å². The van der Waals surface area contributed by atoms with Gasteiger partial charge in [0.2, 0.25) is 5.91 Å². The summed E-state index contributed by atoms with van der Waals surface area (Å²) in [6.07, 6.45) is 3.14. The molecular formula is C14H17NO2. The maximum atomic E-state index is 12.1. The molecule has 3 rings (SSSR count). The van der Waals surface area contributed by atoms with Crippen molar-refractivity contribution in [1.29, 1.82) is 0 Å². The highest BCUT2D eigenvalue weighted by Gasteiger charge is 2.46. The zero-order valence-electron chi connectivity index (χ0n) is 9.98. The minimum absolute atomic E-state index is 0.0618. The summed E-state index contributed by atoms with van der Waals surface area (Å²) in [5.41, 5.74) is 0.350. The summed E-state index contributed by atoms with van der Waals surface area (Å²) < 4.78 is 6.12. The topological polar surface area (TPSA) is 38.3 Å². The van der Waals surface area contributed by atoms with Gasteiger partial charge in [-0.3, -0.25) is 4.79 Å². The number of fused-ring (bicyclic) bond motifs is 1. The zero-order valence-corrected chi connectivity index (χ0v) is 9.98. The molecule has 3 nitrogen and oxygen atoms in total. The van der Waals surface area contributed by atoms with Crippen LogP contribution in [0.4, 0.5) is 0 Å². The summed E-state index contributed by atoms with van der Waals surface area (Å²) in [5.74, 6) is 0.205. The number of nitrogens with one attached hydrogen (secondary N) is 1. The predicted octanol–water partition coefficient (Wildman–Crippen LogP) is 2.17. The van der Waals surface area contributed by atoms with Crippen LogP contribution in [0.15, 0.2) is 30.3 Å². The van der Waals surface area contributed by atoms with E-state index in [2.05, 4.69) is 5.32 Å². The summed E-state index contributed by atoms with van der Waals surface area (Å²) in [5, 5.41) is 3.02. The van der Waals surface area contributed by atoms with E-state index >= 15 is 0 Å². The van der Waals surface area contributed by atoms with Gasteiger partial charge in [0.1, 0.15) is 0 Å². The molecule has 1 saturated heterocycles. The number of rotatable bonds is 1. The first kappa shape index (κ1) is 10.8. The molecule has 0 bridgehead atoms. The Kier molecular flexibility index (Phi) is 2.44. The Balaban J connectivity index is 1.91. The molecular weight excluding hydrogens is 214 g/mol. The molecule has 90 valence electrons. The van der Waals surface area contributed by atoms with E-state index in [0.29, 0.717) is 0 Å². The van der Waals surface area contributed by atoms with Crippen LogP contribution in [-0.4, -0.2) is 12.0 Å². The minimum Gasteiger partial charge on any atom is -0.348 e. The first-order valence-electron chi connectivity index (χ1n) is 6.24. The number of carbonyl (C=O) groups is 1. The van der Waals surface area contributed by atoms with Crippen LogP contribution < -0.4 is 5.32 Å². The van der Waals surface area contributed by atoms with Crippen molar-refractivity contribution in [2.75, 3.05) is 0 Å². The lowest BCUT2D eigenvalue weighted by atomic mass is 9.96. The first-order valence-corrected chi connectivity index (χ1v) is 6.24. The SMILES string of the molecule is CC1(c2ccccc2)NC(=O)C2CCCC2O1. The van der Waals surface area contributed by atoms with E-state index in [1.807, 2.05) is 37.3 Å². The predicted molar refractivity (Wildman–Crippen MR) is 64.2 cm³/mol. The summed E-state index contributed by atoms with van der Waals surface area (Å²) >= 11 is 0. The molecule has 1 aromatic rings. The van der Waals surface area contributed by atoms with E-state index in [4.69, 9.17) is 4.74 Å². The molecule has 3 heteroatoms. The third kappa shape index (κ3) is 1.75. The highest BCUT2D eigenvalue weighted by Crippen LogP contribution is 2.38. The molecule has 2 fully saturated rings. The second kappa shape index (κ2) is 3.84. The van der Waals surface area contributed by atoms with Gasteiger partial charge >= 0.3 is 0 Å². The van der Waals surface area contributed by atoms with Crippen molar-refractivity contribution in [3.05, 3.63) is 35.9 Å². The molecule has 1 saturated carbocycles. The van der Waals surface area contributed by atoms with Crippen molar-refractivity contribution >= 4 is 5.91 Å². The molecule has 1 aliphatic heterocycles. The Morgan fingerprint density at radius 2 is 2.06 bits per heavy atom. The average Bonchev–Trinajstić information content (AvgIpc) is 2.78. The molecule has 1 aromatic carbocycles. The molecule has 1 amide bonds. The monoisotopic (exact) mass is 231 g/mol. The van der Waals surface area contributed by atoms with Gasteiger partial charge in [-0.2, -0.15) is 0 Å². The lowest BCUT2D eigenvalue weighted by molar-refractivity contribution is -0.175. The van der Waals surface area contributed by atoms with Gasteiger partial charge in [-0.1, -0.05) is 30.3 Å². The van der Waals surface area contributed by atoms with E-state index < -0.39 is 5.72 Å². The fraction of sp³-hybridized carbons (Fsp3) is 0.500. The van der Waals surface area contributed by atoms with Crippen molar-refractivity contribution in [3.63, 3.8) is 0 Å². The van der Waals surface area contributed by atoms with Crippen LogP contribution in [0.3, 0.4) is 0 Å². The minimum atomic E-state index is -0.663. The second-order valence-electron chi connectivity index (χ2n) is 5.08. The number of hydrogen-bond donors (Lipinski definition) is 1. The van der Waals surface area contributed by atoms with E-state index in [0.717, 1.165) is 24.8 Å². The Bertz CT molecular complexity index is 431. The van der Waals surface area contributed by atoms with E-state index in [1.165, 1.54) is 0 Å².